The van der Waals surface area contributed by atoms with E-state index < -0.39 is 0 Å². The zero-order valence-corrected chi connectivity index (χ0v) is 15.6. The van der Waals surface area contributed by atoms with Crippen molar-refractivity contribution in [3.05, 3.63) is 116 Å². The number of rotatable bonds is 0. The van der Waals surface area contributed by atoms with Crippen LogP contribution in [0.25, 0.3) is 24.3 Å². The van der Waals surface area contributed by atoms with Crippen LogP contribution in [0.2, 0.25) is 0 Å². The highest BCUT2D eigenvalue weighted by atomic mass is 14.8. The molecule has 10 bridgehead atoms. The SMILES string of the molecule is C1=c2ccc([nH]2)=Cc2ccc([nH]2)C=c2ccc([nH]2)=c2ccc([nH]2)=Cc2ccc1[nH]2. The number of fused-ring (bicyclic) bond motifs is 10. The largest absolute Gasteiger partial charge is 0.355 e. The Hall–Kier alpha value is -4.12. The molecule has 6 rings (SSSR count). The van der Waals surface area contributed by atoms with Gasteiger partial charge in [-0.1, -0.05) is 0 Å². The summed E-state index contributed by atoms with van der Waals surface area (Å²) in [5.41, 5.74) is 4.22. The minimum atomic E-state index is 1.05. The van der Waals surface area contributed by atoms with E-state index in [1.165, 1.54) is 0 Å². The number of aromatic nitrogens is 5. The molecule has 140 valence electrons. The molecule has 29 heavy (non-hydrogen) atoms. The van der Waals surface area contributed by atoms with E-state index >= 15 is 0 Å². The standard InChI is InChI=1S/C24H19N5/c1-2-16-12-18-4-6-20(27-18)14-22-8-10-24(29-22)23-9-7-21(28-23)13-19-5-3-17(26-19)11-15(1)25-16/h1-14,25-29H. The van der Waals surface area contributed by atoms with Crippen LogP contribution < -0.4 is 21.4 Å². The second-order valence-corrected chi connectivity index (χ2v) is 7.34. The van der Waals surface area contributed by atoms with E-state index in [2.05, 4.69) is 110 Å². The highest BCUT2D eigenvalue weighted by Gasteiger charge is 1.97. The van der Waals surface area contributed by atoms with Crippen molar-refractivity contribution in [2.24, 2.45) is 0 Å². The zero-order valence-electron chi connectivity index (χ0n) is 15.6. The van der Waals surface area contributed by atoms with Gasteiger partial charge in [-0.05, 0) is 85.0 Å². The Labute approximate surface area is 165 Å². The molecule has 0 saturated carbocycles. The van der Waals surface area contributed by atoms with Crippen LogP contribution in [-0.2, 0) is 0 Å². The van der Waals surface area contributed by atoms with Gasteiger partial charge in [-0.3, -0.25) is 0 Å². The van der Waals surface area contributed by atoms with Crippen LogP contribution in [0, 0.1) is 10.7 Å². The van der Waals surface area contributed by atoms with Crippen LogP contribution in [0.3, 0.4) is 0 Å². The lowest BCUT2D eigenvalue weighted by atomic mass is 10.3. The molecule has 5 aromatic rings. The van der Waals surface area contributed by atoms with Crippen LogP contribution in [0.15, 0.2) is 60.7 Å². The van der Waals surface area contributed by atoms with E-state index in [0.717, 1.165) is 54.9 Å². The molecule has 0 spiro atoms. The molecule has 5 nitrogen and oxygen atoms in total. The molecule has 5 heteroatoms. The van der Waals surface area contributed by atoms with Gasteiger partial charge in [0.05, 0.1) is 10.7 Å². The Morgan fingerprint density at radius 2 is 0.655 bits per heavy atom. The predicted molar refractivity (Wildman–Crippen MR) is 114 cm³/mol. The van der Waals surface area contributed by atoms with Crippen molar-refractivity contribution in [3.8, 4) is 0 Å². The Bertz CT molecular complexity index is 1540. The van der Waals surface area contributed by atoms with Gasteiger partial charge in [-0.15, -0.1) is 0 Å². The topological polar surface area (TPSA) is 78.9 Å². The van der Waals surface area contributed by atoms with Gasteiger partial charge in [0.1, 0.15) is 0 Å². The van der Waals surface area contributed by atoms with E-state index in [-0.39, 0.29) is 0 Å². The molecule has 1 aliphatic heterocycles. The van der Waals surface area contributed by atoms with Crippen molar-refractivity contribution in [2.45, 2.75) is 0 Å². The fourth-order valence-corrected chi connectivity index (χ4v) is 3.77. The molecule has 0 aromatic carbocycles. The van der Waals surface area contributed by atoms with Crippen LogP contribution in [0.5, 0.6) is 0 Å². The fourth-order valence-electron chi connectivity index (χ4n) is 3.77. The van der Waals surface area contributed by atoms with Crippen molar-refractivity contribution >= 4 is 24.3 Å². The van der Waals surface area contributed by atoms with Crippen LogP contribution in [0.1, 0.15) is 22.8 Å². The summed E-state index contributed by atoms with van der Waals surface area (Å²) in [5, 5.41) is 6.34. The van der Waals surface area contributed by atoms with Gasteiger partial charge in [-0.2, -0.15) is 0 Å². The van der Waals surface area contributed by atoms with E-state index in [1.807, 2.05) is 0 Å². The number of hydrogen-bond donors (Lipinski definition) is 5. The molecule has 0 saturated heterocycles. The van der Waals surface area contributed by atoms with Gasteiger partial charge in [0, 0.05) is 44.2 Å². The molecular weight excluding hydrogens is 358 g/mol. The average Bonchev–Trinajstić information content (AvgIpc) is 3.50. The van der Waals surface area contributed by atoms with Gasteiger partial charge >= 0.3 is 0 Å². The molecule has 1 aliphatic rings. The fraction of sp³-hybridized carbons (Fsp3) is 0. The first-order valence-corrected chi connectivity index (χ1v) is 9.61. The lowest BCUT2D eigenvalue weighted by molar-refractivity contribution is 1.17. The van der Waals surface area contributed by atoms with E-state index in [9.17, 15) is 0 Å². The molecule has 0 radical (unpaired) electrons. The van der Waals surface area contributed by atoms with E-state index in [1.54, 1.807) is 0 Å². The van der Waals surface area contributed by atoms with Crippen LogP contribution >= 0.6 is 0 Å². The monoisotopic (exact) mass is 377 g/mol. The minimum Gasteiger partial charge on any atom is -0.355 e. The highest BCUT2D eigenvalue weighted by molar-refractivity contribution is 5.54. The number of H-pyrrole nitrogens is 5. The molecule has 0 aliphatic carbocycles. The first kappa shape index (κ1) is 15.9. The predicted octanol–water partition coefficient (Wildman–Crippen LogP) is 1.24. The van der Waals surface area contributed by atoms with E-state index in [4.69, 9.17) is 0 Å². The quantitative estimate of drug-likeness (QED) is 0.264. The van der Waals surface area contributed by atoms with Gasteiger partial charge in [0.15, 0.2) is 0 Å². The molecule has 0 unspecified atom stereocenters. The smallest absolute Gasteiger partial charge is 0.0624 e. The van der Waals surface area contributed by atoms with Gasteiger partial charge < -0.3 is 24.9 Å². The lowest BCUT2D eigenvalue weighted by Crippen LogP contribution is -2.09. The van der Waals surface area contributed by atoms with E-state index in [0.29, 0.717) is 0 Å². The summed E-state index contributed by atoms with van der Waals surface area (Å²) >= 11 is 0. The molecule has 0 atom stereocenters. The maximum Gasteiger partial charge on any atom is 0.0624 e. The molecule has 0 fully saturated rings. The highest BCUT2D eigenvalue weighted by Crippen LogP contribution is 2.04. The second kappa shape index (κ2) is 6.21. The van der Waals surface area contributed by atoms with Gasteiger partial charge in [0.25, 0.3) is 0 Å². The van der Waals surface area contributed by atoms with Gasteiger partial charge in [-0.25, -0.2) is 0 Å². The zero-order chi connectivity index (χ0) is 19.2. The van der Waals surface area contributed by atoms with Crippen molar-refractivity contribution in [1.29, 1.82) is 0 Å². The Morgan fingerprint density at radius 3 is 1.07 bits per heavy atom. The summed E-state index contributed by atoms with van der Waals surface area (Å²) in [6.07, 6.45) is 8.44. The van der Waals surface area contributed by atoms with Gasteiger partial charge in [0.2, 0.25) is 0 Å². The van der Waals surface area contributed by atoms with Crippen LogP contribution in [0.4, 0.5) is 0 Å². The Balaban J connectivity index is 1.63. The summed E-state index contributed by atoms with van der Waals surface area (Å²) in [7, 11) is 0. The van der Waals surface area contributed by atoms with Crippen molar-refractivity contribution < 1.29 is 0 Å². The summed E-state index contributed by atoms with van der Waals surface area (Å²) in [6, 6.07) is 20.9. The summed E-state index contributed by atoms with van der Waals surface area (Å²) in [6.45, 7) is 0. The van der Waals surface area contributed by atoms with Crippen molar-refractivity contribution in [1.82, 2.24) is 24.9 Å². The first-order chi connectivity index (χ1) is 14.3. The van der Waals surface area contributed by atoms with Crippen LogP contribution in [-0.4, -0.2) is 24.9 Å². The molecule has 5 N–H and O–H groups in total. The Morgan fingerprint density at radius 1 is 0.310 bits per heavy atom. The normalized spacial score (nSPS) is 12.6. The molecule has 5 aromatic heterocycles. The summed E-state index contributed by atoms with van der Waals surface area (Å²) in [5.74, 6) is 0. The average molecular weight is 377 g/mol. The molecular formula is C24H19N5. The lowest BCUT2D eigenvalue weighted by Gasteiger charge is -1.87. The number of nitrogens with one attached hydrogen (secondary N) is 5. The Kier molecular flexibility index (Phi) is 3.40. The summed E-state index contributed by atoms with van der Waals surface area (Å²) in [4.78, 5) is 17.3. The molecule has 0 amide bonds. The first-order valence-electron chi connectivity index (χ1n) is 9.61. The maximum atomic E-state index is 3.47. The third kappa shape index (κ3) is 3.08. The number of aromatic amines is 5. The van der Waals surface area contributed by atoms with Crippen molar-refractivity contribution in [2.75, 3.05) is 0 Å². The third-order valence-corrected chi connectivity index (χ3v) is 5.14. The maximum absolute atomic E-state index is 3.47. The second-order valence-electron chi connectivity index (χ2n) is 7.34. The molecule has 6 heterocycles. The summed E-state index contributed by atoms with van der Waals surface area (Å²) < 4.78 is 0. The third-order valence-electron chi connectivity index (χ3n) is 5.14. The van der Waals surface area contributed by atoms with Crippen molar-refractivity contribution in [3.63, 3.8) is 0 Å². The number of hydrogen-bond acceptors (Lipinski definition) is 0. The minimum absolute atomic E-state index is 1.05.